The van der Waals surface area contributed by atoms with E-state index in [0.717, 1.165) is 12.4 Å². The first-order chi connectivity index (χ1) is 11.2. The van der Waals surface area contributed by atoms with Crippen molar-refractivity contribution in [1.29, 1.82) is 0 Å². The summed E-state index contributed by atoms with van der Waals surface area (Å²) in [6.45, 7) is 4.87. The molecule has 23 heavy (non-hydrogen) atoms. The molecule has 9 heteroatoms. The molecule has 0 fully saturated rings. The Kier molecular flexibility index (Phi) is 4.38. The zero-order valence-corrected chi connectivity index (χ0v) is 13.5. The molecule has 0 aliphatic rings. The van der Waals surface area contributed by atoms with E-state index in [1.807, 2.05) is 11.5 Å². The van der Waals surface area contributed by atoms with Crippen molar-refractivity contribution < 1.29 is 4.79 Å². The molecular weight excluding hydrogens is 314 g/mol. The summed E-state index contributed by atoms with van der Waals surface area (Å²) in [5.41, 5.74) is 0.659. The van der Waals surface area contributed by atoms with Gasteiger partial charge in [0.05, 0.1) is 12.2 Å². The lowest BCUT2D eigenvalue weighted by atomic mass is 10.3. The molecule has 1 N–H and O–H groups in total. The maximum absolute atomic E-state index is 12.4. The highest BCUT2D eigenvalue weighted by atomic mass is 32.1. The lowest BCUT2D eigenvalue weighted by Gasteiger charge is -2.04. The molecule has 0 saturated carbocycles. The highest BCUT2D eigenvalue weighted by molar-refractivity contribution is 7.17. The third-order valence-corrected chi connectivity index (χ3v) is 4.36. The van der Waals surface area contributed by atoms with Crippen molar-refractivity contribution in [2.24, 2.45) is 0 Å². The first kappa shape index (κ1) is 15.2. The third kappa shape index (κ3) is 3.24. The van der Waals surface area contributed by atoms with Gasteiger partial charge in [-0.05, 0) is 19.9 Å². The monoisotopic (exact) mass is 329 g/mol. The predicted octanol–water partition coefficient (Wildman–Crippen LogP) is 1.45. The minimum Gasteiger partial charge on any atom is -0.344 e. The number of carbonyl (C=O) groups is 1. The molecule has 118 valence electrons. The number of amides is 1. The maximum atomic E-state index is 12.4. The molecule has 1 amide bonds. The number of aromatic nitrogens is 6. The molecule has 0 aliphatic carbocycles. The first-order valence-corrected chi connectivity index (χ1v) is 7.90. The Morgan fingerprint density at radius 3 is 2.87 bits per heavy atom. The second kappa shape index (κ2) is 6.61. The Balaban J connectivity index is 1.74. The number of carbonyl (C=O) groups excluding carboxylic acids is 1. The molecule has 3 aromatic rings. The van der Waals surface area contributed by atoms with Crippen molar-refractivity contribution in [2.75, 3.05) is 0 Å². The summed E-state index contributed by atoms with van der Waals surface area (Å²) in [5.74, 6) is 1.05. The quantitative estimate of drug-likeness (QED) is 0.761. The summed E-state index contributed by atoms with van der Waals surface area (Å²) in [6, 6.07) is 1.74. The number of hydrogen-bond acceptors (Lipinski definition) is 7. The predicted molar refractivity (Wildman–Crippen MR) is 84.7 cm³/mol. The number of rotatable bonds is 5. The van der Waals surface area contributed by atoms with E-state index in [4.69, 9.17) is 0 Å². The topological polar surface area (TPSA) is 98.5 Å². The fraction of sp³-hybridized carbons (Fsp3) is 0.286. The largest absolute Gasteiger partial charge is 0.344 e. The van der Waals surface area contributed by atoms with Crippen molar-refractivity contribution in [3.63, 3.8) is 0 Å². The third-order valence-electron chi connectivity index (χ3n) is 3.20. The van der Waals surface area contributed by atoms with Crippen molar-refractivity contribution >= 4 is 17.2 Å². The van der Waals surface area contributed by atoms with Crippen LogP contribution in [0.1, 0.15) is 28.1 Å². The summed E-state index contributed by atoms with van der Waals surface area (Å²) in [7, 11) is 0. The van der Waals surface area contributed by atoms with Crippen LogP contribution in [0.2, 0.25) is 0 Å². The summed E-state index contributed by atoms with van der Waals surface area (Å²) in [4.78, 5) is 25.6. The smallest absolute Gasteiger partial charge is 0.263 e. The maximum Gasteiger partial charge on any atom is 0.263 e. The van der Waals surface area contributed by atoms with Gasteiger partial charge in [0.2, 0.25) is 0 Å². The molecule has 0 saturated heterocycles. The van der Waals surface area contributed by atoms with Crippen LogP contribution >= 0.6 is 11.3 Å². The number of nitrogens with zero attached hydrogens (tertiary/aromatic N) is 6. The van der Waals surface area contributed by atoms with Crippen LogP contribution in [-0.4, -0.2) is 35.6 Å². The molecule has 0 atom stereocenters. The Labute approximate surface area is 136 Å². The van der Waals surface area contributed by atoms with E-state index >= 15 is 0 Å². The van der Waals surface area contributed by atoms with Crippen LogP contribution in [0.3, 0.4) is 0 Å². The van der Waals surface area contributed by atoms with Crippen molar-refractivity contribution in [2.45, 2.75) is 26.9 Å². The molecule has 0 spiro atoms. The molecule has 0 aliphatic heterocycles. The second-order valence-corrected chi connectivity index (χ2v) is 5.72. The molecular formula is C14H15N7OS. The van der Waals surface area contributed by atoms with Gasteiger partial charge in [0.1, 0.15) is 11.2 Å². The molecule has 3 rings (SSSR count). The molecule has 0 radical (unpaired) electrons. The fourth-order valence-electron chi connectivity index (χ4n) is 2.03. The second-order valence-electron chi connectivity index (χ2n) is 4.72. The summed E-state index contributed by atoms with van der Waals surface area (Å²) < 4.78 is 1.88. The van der Waals surface area contributed by atoms with Gasteiger partial charge < -0.3 is 9.88 Å². The van der Waals surface area contributed by atoms with Crippen LogP contribution in [0.15, 0.2) is 24.8 Å². The van der Waals surface area contributed by atoms with Gasteiger partial charge >= 0.3 is 0 Å². The van der Waals surface area contributed by atoms with E-state index in [9.17, 15) is 4.79 Å². The number of aryl methyl sites for hydroxylation is 2. The molecule has 3 heterocycles. The zero-order chi connectivity index (χ0) is 16.2. The Morgan fingerprint density at radius 2 is 2.13 bits per heavy atom. The lowest BCUT2D eigenvalue weighted by molar-refractivity contribution is 0.0952. The molecule has 0 bridgehead atoms. The van der Waals surface area contributed by atoms with Crippen LogP contribution in [0, 0.1) is 6.92 Å². The van der Waals surface area contributed by atoms with Gasteiger partial charge in [0, 0.05) is 18.9 Å². The Hall–Kier alpha value is -2.68. The molecule has 0 unspecified atom stereocenters. The van der Waals surface area contributed by atoms with Crippen LogP contribution in [0.5, 0.6) is 0 Å². The highest BCUT2D eigenvalue weighted by Crippen LogP contribution is 2.24. The zero-order valence-electron chi connectivity index (χ0n) is 12.7. The van der Waals surface area contributed by atoms with E-state index in [-0.39, 0.29) is 5.91 Å². The summed E-state index contributed by atoms with van der Waals surface area (Å²) in [5, 5.41) is 11.3. The van der Waals surface area contributed by atoms with Gasteiger partial charge in [-0.1, -0.05) is 0 Å². The Bertz CT molecular complexity index is 812. The average molecular weight is 329 g/mol. The van der Waals surface area contributed by atoms with Crippen molar-refractivity contribution in [3.8, 4) is 10.8 Å². The van der Waals surface area contributed by atoms with Crippen molar-refractivity contribution in [3.05, 3.63) is 41.2 Å². The summed E-state index contributed by atoms with van der Waals surface area (Å²) in [6.07, 6.45) is 4.94. The van der Waals surface area contributed by atoms with Gasteiger partial charge in [-0.3, -0.25) is 4.79 Å². The Morgan fingerprint density at radius 1 is 1.35 bits per heavy atom. The van der Waals surface area contributed by atoms with Crippen LogP contribution in [0.25, 0.3) is 10.8 Å². The molecule has 3 aromatic heterocycles. The first-order valence-electron chi connectivity index (χ1n) is 7.08. The highest BCUT2D eigenvalue weighted by Gasteiger charge is 2.17. The number of hydrogen-bond donors (Lipinski definition) is 1. The van der Waals surface area contributed by atoms with Gasteiger partial charge in [-0.25, -0.2) is 15.0 Å². The van der Waals surface area contributed by atoms with Gasteiger partial charge in [0.25, 0.3) is 5.91 Å². The van der Waals surface area contributed by atoms with Gasteiger partial charge in [-0.2, -0.15) is 0 Å². The van der Waals surface area contributed by atoms with Gasteiger partial charge in [-0.15, -0.1) is 21.5 Å². The minimum absolute atomic E-state index is 0.187. The molecule has 0 aromatic carbocycles. The lowest BCUT2D eigenvalue weighted by Crippen LogP contribution is -2.24. The van der Waals surface area contributed by atoms with Crippen LogP contribution < -0.4 is 5.32 Å². The van der Waals surface area contributed by atoms with Crippen LogP contribution in [-0.2, 0) is 13.1 Å². The average Bonchev–Trinajstić information content (AvgIpc) is 3.19. The SMILES string of the molecule is CCn1cnnc1CNC(=O)c1sc(-c2ncccn2)nc1C. The standard InChI is InChI=1S/C14H15N7OS/c1-3-21-8-18-20-10(21)7-17-13(22)11-9(2)19-14(23-11)12-15-5-4-6-16-12/h4-6,8H,3,7H2,1-2H3,(H,17,22). The van der Waals surface area contributed by atoms with E-state index < -0.39 is 0 Å². The van der Waals surface area contributed by atoms with E-state index in [2.05, 4.69) is 30.5 Å². The number of thiazole rings is 1. The summed E-state index contributed by atoms with van der Waals surface area (Å²) >= 11 is 1.28. The number of nitrogens with one attached hydrogen (secondary N) is 1. The van der Waals surface area contributed by atoms with E-state index in [1.165, 1.54) is 11.3 Å². The minimum atomic E-state index is -0.187. The van der Waals surface area contributed by atoms with Crippen LogP contribution in [0.4, 0.5) is 0 Å². The molecule has 8 nitrogen and oxygen atoms in total. The van der Waals surface area contributed by atoms with E-state index in [1.54, 1.807) is 31.7 Å². The van der Waals surface area contributed by atoms with Crippen molar-refractivity contribution in [1.82, 2.24) is 35.0 Å². The van der Waals surface area contributed by atoms with E-state index in [0.29, 0.717) is 27.9 Å². The fourth-order valence-corrected chi connectivity index (χ4v) is 2.96. The normalized spacial score (nSPS) is 10.7. The van der Waals surface area contributed by atoms with Gasteiger partial charge in [0.15, 0.2) is 16.7 Å².